The second-order valence-electron chi connectivity index (χ2n) is 4.02. The first-order chi connectivity index (χ1) is 6.52. The standard InChI is InChI=1S/C10H25O3P/c1-3-5-7-9-10(8-6-4-2)14(11,12)13/h10-14H,3-9H2,1-2H3. The Morgan fingerprint density at radius 3 is 1.79 bits per heavy atom. The Bertz CT molecular complexity index is 134. The fourth-order valence-electron chi connectivity index (χ4n) is 1.62. The third-order valence-electron chi connectivity index (χ3n) is 2.61. The van der Waals surface area contributed by atoms with Crippen molar-refractivity contribution in [1.82, 2.24) is 0 Å². The number of rotatable bonds is 8. The molecular weight excluding hydrogens is 199 g/mol. The summed E-state index contributed by atoms with van der Waals surface area (Å²) in [5, 5.41) is 0. The Morgan fingerprint density at radius 2 is 1.36 bits per heavy atom. The van der Waals surface area contributed by atoms with E-state index >= 15 is 0 Å². The van der Waals surface area contributed by atoms with Gasteiger partial charge < -0.3 is 0 Å². The molecule has 0 fully saturated rings. The molecule has 3 nitrogen and oxygen atoms in total. The summed E-state index contributed by atoms with van der Waals surface area (Å²) in [7, 11) is -3.87. The van der Waals surface area contributed by atoms with Gasteiger partial charge in [0.05, 0.1) is 0 Å². The molecule has 3 N–H and O–H groups in total. The van der Waals surface area contributed by atoms with Gasteiger partial charge in [0, 0.05) is 0 Å². The summed E-state index contributed by atoms with van der Waals surface area (Å²) in [6.07, 6.45) is 6.72. The molecule has 0 amide bonds. The van der Waals surface area contributed by atoms with Gasteiger partial charge in [-0.25, -0.2) is 0 Å². The molecule has 0 aromatic carbocycles. The van der Waals surface area contributed by atoms with E-state index < -0.39 is 7.94 Å². The van der Waals surface area contributed by atoms with Crippen molar-refractivity contribution >= 4 is 7.94 Å². The van der Waals surface area contributed by atoms with E-state index in [-0.39, 0.29) is 5.66 Å². The van der Waals surface area contributed by atoms with Crippen LogP contribution in [0, 0.1) is 0 Å². The Kier molecular flexibility index (Phi) is 7.75. The fourth-order valence-corrected chi connectivity index (χ4v) is 2.81. The summed E-state index contributed by atoms with van der Waals surface area (Å²) in [6, 6.07) is 0. The Hall–Kier alpha value is 0.310. The Morgan fingerprint density at radius 1 is 0.857 bits per heavy atom. The molecule has 0 aromatic heterocycles. The normalized spacial score (nSPS) is 15.5. The summed E-state index contributed by atoms with van der Waals surface area (Å²) >= 11 is 0. The molecule has 88 valence electrons. The van der Waals surface area contributed by atoms with Gasteiger partial charge >= 0.3 is 87.1 Å². The molecule has 4 heteroatoms. The second kappa shape index (κ2) is 7.58. The van der Waals surface area contributed by atoms with Crippen LogP contribution in [0.5, 0.6) is 0 Å². The zero-order chi connectivity index (χ0) is 11.0. The van der Waals surface area contributed by atoms with Gasteiger partial charge in [-0.1, -0.05) is 0 Å². The molecule has 0 spiro atoms. The number of hydrogen-bond acceptors (Lipinski definition) is 3. The van der Waals surface area contributed by atoms with E-state index in [1.807, 2.05) is 0 Å². The first-order valence-corrected chi connectivity index (χ1v) is 7.61. The van der Waals surface area contributed by atoms with E-state index in [1.54, 1.807) is 0 Å². The maximum atomic E-state index is 9.25. The third kappa shape index (κ3) is 6.72. The van der Waals surface area contributed by atoms with Crippen LogP contribution in [0.15, 0.2) is 0 Å². The van der Waals surface area contributed by atoms with Crippen LogP contribution in [-0.2, 0) is 0 Å². The zero-order valence-corrected chi connectivity index (χ0v) is 10.4. The fraction of sp³-hybridized carbons (Fsp3) is 1.00. The molecule has 0 aliphatic carbocycles. The van der Waals surface area contributed by atoms with Crippen LogP contribution in [0.25, 0.3) is 0 Å². The first-order valence-electron chi connectivity index (χ1n) is 5.69. The van der Waals surface area contributed by atoms with E-state index in [1.165, 1.54) is 0 Å². The van der Waals surface area contributed by atoms with Crippen LogP contribution in [0.4, 0.5) is 0 Å². The van der Waals surface area contributed by atoms with Crippen molar-refractivity contribution in [1.29, 1.82) is 0 Å². The SMILES string of the molecule is CCCCCC(CCCC)[PH](O)(O)O. The predicted octanol–water partition coefficient (Wildman–Crippen LogP) is 2.60. The van der Waals surface area contributed by atoms with E-state index in [0.717, 1.165) is 44.9 Å². The molecule has 0 saturated carbocycles. The van der Waals surface area contributed by atoms with Crippen molar-refractivity contribution in [3.8, 4) is 0 Å². The molecule has 0 rings (SSSR count). The van der Waals surface area contributed by atoms with Crippen LogP contribution in [0.2, 0.25) is 0 Å². The van der Waals surface area contributed by atoms with Gasteiger partial charge in [0.1, 0.15) is 0 Å². The predicted molar refractivity (Wildman–Crippen MR) is 62.4 cm³/mol. The summed E-state index contributed by atoms with van der Waals surface area (Å²) in [6.45, 7) is 4.18. The van der Waals surface area contributed by atoms with Gasteiger partial charge in [-0.15, -0.1) is 0 Å². The van der Waals surface area contributed by atoms with E-state index in [4.69, 9.17) is 0 Å². The molecule has 0 aliphatic rings. The monoisotopic (exact) mass is 224 g/mol. The summed E-state index contributed by atoms with van der Waals surface area (Å²) in [5.41, 5.74) is -0.256. The van der Waals surface area contributed by atoms with Crippen molar-refractivity contribution < 1.29 is 14.7 Å². The minimum atomic E-state index is -3.87. The molecule has 0 aromatic rings. The first kappa shape index (κ1) is 14.3. The summed E-state index contributed by atoms with van der Waals surface area (Å²) in [5.74, 6) is 0. The molecule has 0 saturated heterocycles. The molecule has 0 heterocycles. The van der Waals surface area contributed by atoms with Crippen LogP contribution < -0.4 is 0 Å². The van der Waals surface area contributed by atoms with Crippen LogP contribution in [0.3, 0.4) is 0 Å². The van der Waals surface area contributed by atoms with Crippen molar-refractivity contribution in [2.45, 2.75) is 64.5 Å². The van der Waals surface area contributed by atoms with Crippen molar-refractivity contribution in [2.24, 2.45) is 0 Å². The molecule has 0 radical (unpaired) electrons. The molecule has 1 unspecified atom stereocenters. The van der Waals surface area contributed by atoms with Crippen LogP contribution in [0.1, 0.15) is 58.8 Å². The van der Waals surface area contributed by atoms with Gasteiger partial charge in [0.15, 0.2) is 0 Å². The quantitative estimate of drug-likeness (QED) is 0.438. The van der Waals surface area contributed by atoms with Gasteiger partial charge in [-0.3, -0.25) is 0 Å². The zero-order valence-electron chi connectivity index (χ0n) is 9.37. The average Bonchev–Trinajstić information content (AvgIpc) is 2.09. The second-order valence-corrected chi connectivity index (χ2v) is 6.21. The maximum absolute atomic E-state index is 9.25. The van der Waals surface area contributed by atoms with E-state index in [2.05, 4.69) is 13.8 Å². The van der Waals surface area contributed by atoms with E-state index in [0.29, 0.717) is 0 Å². The molecule has 14 heavy (non-hydrogen) atoms. The molecular formula is C10H25O3P. The summed E-state index contributed by atoms with van der Waals surface area (Å²) in [4.78, 5) is 27.8. The Labute approximate surface area is 87.8 Å². The van der Waals surface area contributed by atoms with E-state index in [9.17, 15) is 14.7 Å². The van der Waals surface area contributed by atoms with Gasteiger partial charge in [-0.05, 0) is 0 Å². The molecule has 1 atom stereocenters. The molecule has 0 aliphatic heterocycles. The minimum absolute atomic E-state index is 0.256. The van der Waals surface area contributed by atoms with Crippen molar-refractivity contribution in [3.63, 3.8) is 0 Å². The van der Waals surface area contributed by atoms with Crippen LogP contribution >= 0.6 is 7.94 Å². The van der Waals surface area contributed by atoms with Gasteiger partial charge in [-0.2, -0.15) is 0 Å². The topological polar surface area (TPSA) is 60.7 Å². The van der Waals surface area contributed by atoms with Crippen molar-refractivity contribution in [3.05, 3.63) is 0 Å². The summed E-state index contributed by atoms with van der Waals surface area (Å²) < 4.78 is 0. The van der Waals surface area contributed by atoms with Crippen LogP contribution in [-0.4, -0.2) is 20.3 Å². The number of unbranched alkanes of at least 4 members (excludes halogenated alkanes) is 3. The number of hydrogen-bond donors (Lipinski definition) is 3. The van der Waals surface area contributed by atoms with Crippen molar-refractivity contribution in [2.75, 3.05) is 0 Å². The average molecular weight is 224 g/mol. The molecule has 0 bridgehead atoms. The Balaban J connectivity index is 3.85. The third-order valence-corrected chi connectivity index (χ3v) is 4.28. The van der Waals surface area contributed by atoms with Gasteiger partial charge in [0.25, 0.3) is 0 Å². The van der Waals surface area contributed by atoms with Gasteiger partial charge in [0.2, 0.25) is 0 Å².